The van der Waals surface area contributed by atoms with Crippen LogP contribution in [0.5, 0.6) is 11.6 Å². The van der Waals surface area contributed by atoms with Crippen molar-refractivity contribution in [3.05, 3.63) is 52.4 Å². The molecule has 1 aromatic carbocycles. The van der Waals surface area contributed by atoms with Crippen molar-refractivity contribution in [2.75, 3.05) is 0 Å². The first-order valence-electron chi connectivity index (χ1n) is 5.31. The minimum absolute atomic E-state index is 0.0100. The SMILES string of the molecule is Cc1ccc(F)cc1Oc1ccc(Cl)c(C(=O)O)n1. The number of nitrogens with zero attached hydrogens (tertiary/aromatic N) is 1. The lowest BCUT2D eigenvalue weighted by Crippen LogP contribution is -2.02. The van der Waals surface area contributed by atoms with E-state index in [9.17, 15) is 9.18 Å². The Morgan fingerprint density at radius 2 is 2.11 bits per heavy atom. The van der Waals surface area contributed by atoms with Gasteiger partial charge in [-0.2, -0.15) is 0 Å². The number of hydrogen-bond acceptors (Lipinski definition) is 3. The molecule has 0 aliphatic rings. The average molecular weight is 282 g/mol. The van der Waals surface area contributed by atoms with Crippen molar-refractivity contribution in [2.24, 2.45) is 0 Å². The van der Waals surface area contributed by atoms with Crippen LogP contribution in [0.2, 0.25) is 5.02 Å². The Hall–Kier alpha value is -2.14. The second kappa shape index (κ2) is 5.24. The number of ether oxygens (including phenoxy) is 1. The van der Waals surface area contributed by atoms with Gasteiger partial charge in [-0.1, -0.05) is 17.7 Å². The van der Waals surface area contributed by atoms with E-state index in [2.05, 4.69) is 4.98 Å². The lowest BCUT2D eigenvalue weighted by Gasteiger charge is -2.08. The number of hydrogen-bond donors (Lipinski definition) is 1. The van der Waals surface area contributed by atoms with Crippen LogP contribution in [-0.4, -0.2) is 16.1 Å². The van der Waals surface area contributed by atoms with Crippen LogP contribution in [0.3, 0.4) is 0 Å². The van der Waals surface area contributed by atoms with Gasteiger partial charge in [0, 0.05) is 12.1 Å². The Labute approximate surface area is 113 Å². The topological polar surface area (TPSA) is 59.4 Å². The van der Waals surface area contributed by atoms with E-state index in [0.717, 1.165) is 0 Å². The van der Waals surface area contributed by atoms with Crippen molar-refractivity contribution in [2.45, 2.75) is 6.92 Å². The van der Waals surface area contributed by atoms with Gasteiger partial charge in [0.05, 0.1) is 5.02 Å². The van der Waals surface area contributed by atoms with Gasteiger partial charge in [-0.15, -0.1) is 0 Å². The lowest BCUT2D eigenvalue weighted by molar-refractivity contribution is 0.0690. The molecule has 1 N–H and O–H groups in total. The summed E-state index contributed by atoms with van der Waals surface area (Å²) in [5.74, 6) is -1.40. The molecule has 0 saturated heterocycles. The van der Waals surface area contributed by atoms with Gasteiger partial charge in [0.25, 0.3) is 0 Å². The number of pyridine rings is 1. The lowest BCUT2D eigenvalue weighted by atomic mass is 10.2. The first kappa shape index (κ1) is 13.3. The summed E-state index contributed by atoms with van der Waals surface area (Å²) in [7, 11) is 0. The van der Waals surface area contributed by atoms with E-state index in [4.69, 9.17) is 21.4 Å². The van der Waals surface area contributed by atoms with E-state index in [1.54, 1.807) is 13.0 Å². The second-order valence-corrected chi connectivity index (χ2v) is 4.20. The molecule has 1 aromatic heterocycles. The van der Waals surface area contributed by atoms with Crippen molar-refractivity contribution < 1.29 is 19.0 Å². The van der Waals surface area contributed by atoms with Gasteiger partial charge < -0.3 is 9.84 Å². The Kier molecular flexibility index (Phi) is 3.66. The molecule has 0 radical (unpaired) electrons. The molecule has 19 heavy (non-hydrogen) atoms. The van der Waals surface area contributed by atoms with E-state index < -0.39 is 11.8 Å². The van der Waals surface area contributed by atoms with E-state index in [-0.39, 0.29) is 22.3 Å². The Morgan fingerprint density at radius 1 is 1.37 bits per heavy atom. The van der Waals surface area contributed by atoms with E-state index >= 15 is 0 Å². The molecule has 0 saturated carbocycles. The number of carboxylic acid groups (broad SMARTS) is 1. The number of carbonyl (C=O) groups is 1. The monoisotopic (exact) mass is 281 g/mol. The van der Waals surface area contributed by atoms with Crippen LogP contribution in [0.1, 0.15) is 16.1 Å². The van der Waals surface area contributed by atoms with Crippen LogP contribution in [0.25, 0.3) is 0 Å². The Balaban J connectivity index is 2.36. The molecule has 0 fully saturated rings. The highest BCUT2D eigenvalue weighted by Crippen LogP contribution is 2.26. The van der Waals surface area contributed by atoms with Crippen molar-refractivity contribution >= 4 is 17.6 Å². The van der Waals surface area contributed by atoms with Crippen LogP contribution < -0.4 is 4.74 Å². The summed E-state index contributed by atoms with van der Waals surface area (Å²) in [6, 6.07) is 6.84. The van der Waals surface area contributed by atoms with E-state index in [1.807, 2.05) is 0 Å². The van der Waals surface area contributed by atoms with Crippen molar-refractivity contribution in [1.29, 1.82) is 0 Å². The summed E-state index contributed by atoms with van der Waals surface area (Å²) >= 11 is 5.69. The number of carboxylic acids is 1. The molecule has 98 valence electrons. The Morgan fingerprint density at radius 3 is 2.79 bits per heavy atom. The summed E-state index contributed by atoms with van der Waals surface area (Å²) < 4.78 is 18.5. The maximum Gasteiger partial charge on any atom is 0.356 e. The molecule has 0 aliphatic carbocycles. The van der Waals surface area contributed by atoms with Crippen molar-refractivity contribution in [3.63, 3.8) is 0 Å². The molecule has 0 bridgehead atoms. The third-order valence-electron chi connectivity index (χ3n) is 2.39. The van der Waals surface area contributed by atoms with Gasteiger partial charge in [0.2, 0.25) is 5.88 Å². The van der Waals surface area contributed by atoms with Crippen molar-refractivity contribution in [3.8, 4) is 11.6 Å². The molecule has 0 spiro atoms. The molecule has 0 aliphatic heterocycles. The standard InChI is InChI=1S/C13H9ClFNO3/c1-7-2-3-8(15)6-10(7)19-11-5-4-9(14)12(16-11)13(17)18/h2-6H,1H3,(H,17,18). The van der Waals surface area contributed by atoms with Gasteiger partial charge in [-0.3, -0.25) is 0 Å². The zero-order chi connectivity index (χ0) is 14.0. The summed E-state index contributed by atoms with van der Waals surface area (Å²) in [5.41, 5.74) is 0.392. The Bertz CT molecular complexity index is 646. The zero-order valence-electron chi connectivity index (χ0n) is 9.85. The van der Waals surface area contributed by atoms with Crippen LogP contribution in [0, 0.1) is 12.7 Å². The predicted molar refractivity (Wildman–Crippen MR) is 67.4 cm³/mol. The summed E-state index contributed by atoms with van der Waals surface area (Å²) in [4.78, 5) is 14.6. The molecule has 0 atom stereocenters. The number of halogens is 2. The summed E-state index contributed by atoms with van der Waals surface area (Å²) in [6.45, 7) is 1.74. The highest BCUT2D eigenvalue weighted by atomic mass is 35.5. The third kappa shape index (κ3) is 3.00. The van der Waals surface area contributed by atoms with Crippen LogP contribution >= 0.6 is 11.6 Å². The van der Waals surface area contributed by atoms with Gasteiger partial charge in [0.15, 0.2) is 5.69 Å². The molecular weight excluding hydrogens is 273 g/mol. The van der Waals surface area contributed by atoms with Gasteiger partial charge >= 0.3 is 5.97 Å². The summed E-state index contributed by atoms with van der Waals surface area (Å²) in [6.07, 6.45) is 0. The van der Waals surface area contributed by atoms with Crippen LogP contribution in [0.4, 0.5) is 4.39 Å². The quantitative estimate of drug-likeness (QED) is 0.932. The molecule has 4 nitrogen and oxygen atoms in total. The molecule has 1 heterocycles. The van der Waals surface area contributed by atoms with Gasteiger partial charge in [-0.05, 0) is 24.6 Å². The molecule has 2 rings (SSSR count). The number of aryl methyl sites for hydroxylation is 1. The number of rotatable bonds is 3. The first-order valence-corrected chi connectivity index (χ1v) is 5.69. The van der Waals surface area contributed by atoms with Gasteiger partial charge in [-0.25, -0.2) is 14.2 Å². The summed E-state index contributed by atoms with van der Waals surface area (Å²) in [5, 5.41) is 8.90. The number of benzene rings is 1. The van der Waals surface area contributed by atoms with Crippen molar-refractivity contribution in [1.82, 2.24) is 4.98 Å². The minimum Gasteiger partial charge on any atom is -0.476 e. The fraction of sp³-hybridized carbons (Fsp3) is 0.0769. The van der Waals surface area contributed by atoms with Gasteiger partial charge in [0.1, 0.15) is 11.6 Å². The van der Waals surface area contributed by atoms with Crippen LogP contribution in [-0.2, 0) is 0 Å². The molecule has 6 heteroatoms. The maximum absolute atomic E-state index is 13.1. The number of aromatic carboxylic acids is 1. The average Bonchev–Trinajstić information content (AvgIpc) is 2.36. The van der Waals surface area contributed by atoms with E-state index in [0.29, 0.717) is 5.56 Å². The predicted octanol–water partition coefficient (Wildman–Crippen LogP) is 3.67. The zero-order valence-corrected chi connectivity index (χ0v) is 10.6. The largest absolute Gasteiger partial charge is 0.476 e. The smallest absolute Gasteiger partial charge is 0.356 e. The van der Waals surface area contributed by atoms with E-state index in [1.165, 1.54) is 24.3 Å². The highest BCUT2D eigenvalue weighted by Gasteiger charge is 2.13. The molecular formula is C13H9ClFNO3. The second-order valence-electron chi connectivity index (χ2n) is 3.80. The minimum atomic E-state index is -1.26. The fourth-order valence-corrected chi connectivity index (χ4v) is 1.61. The number of aromatic nitrogens is 1. The molecule has 2 aromatic rings. The molecule has 0 amide bonds. The highest BCUT2D eigenvalue weighted by molar-refractivity contribution is 6.33. The maximum atomic E-state index is 13.1. The molecule has 0 unspecified atom stereocenters. The fourth-order valence-electron chi connectivity index (χ4n) is 1.43. The van der Waals surface area contributed by atoms with Crippen LogP contribution in [0.15, 0.2) is 30.3 Å². The third-order valence-corrected chi connectivity index (χ3v) is 2.69. The first-order chi connectivity index (χ1) is 8.97. The normalized spacial score (nSPS) is 10.3.